The molecule has 64 valence electrons. The van der Waals surface area contributed by atoms with Crippen LogP contribution in [0, 0.1) is 5.92 Å². The Kier molecular flexibility index (Phi) is 1.44. The van der Waals surface area contributed by atoms with Crippen LogP contribution in [0.15, 0.2) is 22.8 Å². The molecule has 0 nitrogen and oxygen atoms in total. The van der Waals surface area contributed by atoms with Crippen LogP contribution in [0.4, 0.5) is 0 Å². The summed E-state index contributed by atoms with van der Waals surface area (Å²) in [5.74, 6) is 0.982. The minimum Gasteiger partial charge on any atom is -0.0810 e. The molecule has 12 heavy (non-hydrogen) atoms. The fraction of sp³-hybridized carbons (Fsp3) is 0.667. The Hall–Kier alpha value is -0.520. The van der Waals surface area contributed by atoms with Crippen molar-refractivity contribution in [3.8, 4) is 0 Å². The summed E-state index contributed by atoms with van der Waals surface area (Å²) in [4.78, 5) is 0. The Morgan fingerprint density at radius 3 is 2.42 bits per heavy atom. The van der Waals surface area contributed by atoms with Crippen LogP contribution < -0.4 is 0 Å². The van der Waals surface area contributed by atoms with E-state index in [1.807, 2.05) is 5.57 Å². The zero-order chi connectivity index (χ0) is 7.97. The molecule has 0 aromatic carbocycles. The first kappa shape index (κ1) is 6.94. The second-order valence-electron chi connectivity index (χ2n) is 4.46. The summed E-state index contributed by atoms with van der Waals surface area (Å²) in [6.45, 7) is 0. The van der Waals surface area contributed by atoms with Crippen molar-refractivity contribution in [2.45, 2.75) is 44.9 Å². The molecule has 0 unspecified atom stereocenters. The maximum atomic E-state index is 2.53. The Morgan fingerprint density at radius 2 is 1.75 bits per heavy atom. The molecule has 0 aromatic heterocycles. The van der Waals surface area contributed by atoms with Crippen molar-refractivity contribution < 1.29 is 0 Å². The van der Waals surface area contributed by atoms with Gasteiger partial charge in [-0.2, -0.15) is 0 Å². The lowest BCUT2D eigenvalue weighted by Gasteiger charge is -2.35. The molecular formula is C12H16. The van der Waals surface area contributed by atoms with E-state index in [4.69, 9.17) is 0 Å². The molecule has 4 bridgehead atoms. The molecular weight excluding hydrogens is 144 g/mol. The molecule has 0 aliphatic heterocycles. The van der Waals surface area contributed by atoms with Crippen LogP contribution >= 0.6 is 0 Å². The molecule has 6 aliphatic rings. The minimum atomic E-state index is 0.982. The van der Waals surface area contributed by atoms with Gasteiger partial charge < -0.3 is 0 Å². The van der Waals surface area contributed by atoms with Crippen LogP contribution in [0.5, 0.6) is 0 Å². The van der Waals surface area contributed by atoms with Crippen LogP contribution in [-0.4, -0.2) is 0 Å². The average molecular weight is 160 g/mol. The monoisotopic (exact) mass is 160 g/mol. The van der Waals surface area contributed by atoms with Crippen molar-refractivity contribution in [3.63, 3.8) is 0 Å². The van der Waals surface area contributed by atoms with Crippen LogP contribution in [0.25, 0.3) is 0 Å². The van der Waals surface area contributed by atoms with Crippen molar-refractivity contribution in [1.82, 2.24) is 0 Å². The topological polar surface area (TPSA) is 0 Å². The van der Waals surface area contributed by atoms with Gasteiger partial charge in [0.2, 0.25) is 0 Å². The second kappa shape index (κ2) is 2.48. The average Bonchev–Trinajstić information content (AvgIpc) is 2.13. The molecule has 0 radical (unpaired) electrons. The maximum absolute atomic E-state index is 2.53. The molecule has 0 saturated heterocycles. The molecule has 0 heteroatoms. The van der Waals surface area contributed by atoms with Gasteiger partial charge in [-0.3, -0.25) is 0 Å². The van der Waals surface area contributed by atoms with Gasteiger partial charge in [0.1, 0.15) is 0 Å². The largest absolute Gasteiger partial charge is 0.0810 e. The molecule has 0 amide bonds. The molecule has 0 spiro atoms. The van der Waals surface area contributed by atoms with E-state index in [2.05, 4.69) is 6.08 Å². The highest BCUT2D eigenvalue weighted by molar-refractivity contribution is 5.30. The normalized spacial score (nSPS) is 33.3. The lowest BCUT2D eigenvalue weighted by atomic mass is 9.71. The summed E-state index contributed by atoms with van der Waals surface area (Å²) in [6.07, 6.45) is 12.4. The third-order valence-corrected chi connectivity index (χ3v) is 3.94. The van der Waals surface area contributed by atoms with Crippen molar-refractivity contribution >= 4 is 0 Å². The van der Waals surface area contributed by atoms with Gasteiger partial charge in [-0.05, 0) is 50.9 Å². The highest BCUT2D eigenvalue weighted by Crippen LogP contribution is 2.44. The standard InChI is InChI=1S/C12H16/c1-2-10-4-3-9(1)11-5-7-12(10)8-6-11/h1,11H,2-8H2. The molecule has 6 rings (SSSR count). The fourth-order valence-electron chi connectivity index (χ4n) is 3.14. The molecule has 0 heterocycles. The molecule has 1 saturated carbocycles. The van der Waals surface area contributed by atoms with E-state index in [9.17, 15) is 0 Å². The third-order valence-electron chi connectivity index (χ3n) is 3.94. The first-order valence-electron chi connectivity index (χ1n) is 5.32. The Balaban J connectivity index is 2.10. The first-order valence-corrected chi connectivity index (χ1v) is 5.32. The van der Waals surface area contributed by atoms with E-state index in [1.165, 1.54) is 44.9 Å². The van der Waals surface area contributed by atoms with Crippen molar-refractivity contribution in [1.29, 1.82) is 0 Å². The number of rotatable bonds is 0. The van der Waals surface area contributed by atoms with E-state index in [-0.39, 0.29) is 0 Å². The van der Waals surface area contributed by atoms with Gasteiger partial charge in [-0.15, -0.1) is 0 Å². The van der Waals surface area contributed by atoms with Crippen molar-refractivity contribution in [2.24, 2.45) is 5.92 Å². The summed E-state index contributed by atoms with van der Waals surface area (Å²) in [5, 5.41) is 0. The van der Waals surface area contributed by atoms with Gasteiger partial charge >= 0.3 is 0 Å². The summed E-state index contributed by atoms with van der Waals surface area (Å²) < 4.78 is 0. The predicted octanol–water partition coefficient (Wildman–Crippen LogP) is 3.60. The van der Waals surface area contributed by atoms with Gasteiger partial charge in [0.25, 0.3) is 0 Å². The smallest absolute Gasteiger partial charge is 0.0133 e. The van der Waals surface area contributed by atoms with Crippen LogP contribution in [0.3, 0.4) is 0 Å². The van der Waals surface area contributed by atoms with Crippen molar-refractivity contribution in [3.05, 3.63) is 22.8 Å². The fourth-order valence-corrected chi connectivity index (χ4v) is 3.14. The highest BCUT2D eigenvalue weighted by Gasteiger charge is 2.27. The lowest BCUT2D eigenvalue weighted by molar-refractivity contribution is 0.426. The number of allylic oxidation sites excluding steroid dienone is 4. The van der Waals surface area contributed by atoms with E-state index < -0.39 is 0 Å². The maximum Gasteiger partial charge on any atom is -0.0133 e. The summed E-state index contributed by atoms with van der Waals surface area (Å²) >= 11 is 0. The van der Waals surface area contributed by atoms with Crippen LogP contribution in [-0.2, 0) is 0 Å². The Bertz CT molecular complexity index is 258. The predicted molar refractivity (Wildman–Crippen MR) is 50.9 cm³/mol. The summed E-state index contributed by atoms with van der Waals surface area (Å²) in [7, 11) is 0. The van der Waals surface area contributed by atoms with E-state index >= 15 is 0 Å². The van der Waals surface area contributed by atoms with E-state index in [0.717, 1.165) is 5.92 Å². The molecule has 0 aromatic rings. The summed E-state index contributed by atoms with van der Waals surface area (Å²) in [6, 6.07) is 0. The zero-order valence-electron chi connectivity index (χ0n) is 7.60. The third kappa shape index (κ3) is 0.903. The van der Waals surface area contributed by atoms with E-state index in [1.54, 1.807) is 11.1 Å². The number of hydrogen-bond donors (Lipinski definition) is 0. The summed E-state index contributed by atoms with van der Waals surface area (Å²) in [5.41, 5.74) is 5.44. The van der Waals surface area contributed by atoms with Gasteiger partial charge in [0, 0.05) is 0 Å². The van der Waals surface area contributed by atoms with Gasteiger partial charge in [0.15, 0.2) is 0 Å². The first-order chi connectivity index (χ1) is 5.93. The highest BCUT2D eigenvalue weighted by atomic mass is 14.3. The Morgan fingerprint density at radius 1 is 0.917 bits per heavy atom. The number of hydrogen-bond acceptors (Lipinski definition) is 0. The van der Waals surface area contributed by atoms with Crippen LogP contribution in [0.1, 0.15) is 44.9 Å². The van der Waals surface area contributed by atoms with Gasteiger partial charge in [-0.1, -0.05) is 22.8 Å². The van der Waals surface area contributed by atoms with Gasteiger partial charge in [-0.25, -0.2) is 0 Å². The lowest BCUT2D eigenvalue weighted by Crippen LogP contribution is -2.18. The SMILES string of the molecule is C1=C2CCC(=C3CCC2CC3)C1. The quantitative estimate of drug-likeness (QED) is 0.475. The molecule has 0 atom stereocenters. The Labute approximate surface area is 74.4 Å². The van der Waals surface area contributed by atoms with Gasteiger partial charge in [0.05, 0.1) is 0 Å². The molecule has 0 N–H and O–H groups in total. The van der Waals surface area contributed by atoms with Crippen LogP contribution in [0.2, 0.25) is 0 Å². The zero-order valence-corrected chi connectivity index (χ0v) is 7.60. The van der Waals surface area contributed by atoms with Crippen molar-refractivity contribution in [2.75, 3.05) is 0 Å². The molecule has 6 aliphatic carbocycles. The second-order valence-corrected chi connectivity index (χ2v) is 4.46. The minimum absolute atomic E-state index is 0.982. The van der Waals surface area contributed by atoms with E-state index in [0.29, 0.717) is 0 Å². The molecule has 1 fully saturated rings.